The van der Waals surface area contributed by atoms with Crippen LogP contribution in [0.3, 0.4) is 0 Å². The normalized spacial score (nSPS) is 17.4. The van der Waals surface area contributed by atoms with Crippen molar-refractivity contribution in [2.75, 3.05) is 18.1 Å². The number of nitrogens with zero attached hydrogens (tertiary/aromatic N) is 2. The molecule has 84 valence electrons. The molecule has 15 heavy (non-hydrogen) atoms. The molecule has 0 aliphatic heterocycles. The highest BCUT2D eigenvalue weighted by atomic mass is 16.3. The highest BCUT2D eigenvalue weighted by Gasteiger charge is 2.24. The van der Waals surface area contributed by atoms with Gasteiger partial charge in [0.15, 0.2) is 0 Å². The molecule has 5 heteroatoms. The van der Waals surface area contributed by atoms with Crippen molar-refractivity contribution in [3.05, 3.63) is 5.69 Å². The van der Waals surface area contributed by atoms with Gasteiger partial charge in [-0.15, -0.1) is 0 Å². The van der Waals surface area contributed by atoms with E-state index >= 15 is 0 Å². The lowest BCUT2D eigenvalue weighted by atomic mass is 10.0. The maximum atomic E-state index is 8.85. The van der Waals surface area contributed by atoms with E-state index in [-0.39, 0.29) is 6.61 Å². The maximum Gasteiger partial charge on any atom is 0.145 e. The molecule has 0 radical (unpaired) electrons. The topological polar surface area (TPSA) is 90.1 Å². The smallest absolute Gasteiger partial charge is 0.145 e. The molecular weight excluding hydrogens is 192 g/mol. The molecule has 0 amide bonds. The number of nitrogens with two attached hydrogens (primary N) is 2. The molecule has 0 bridgehead atoms. The Morgan fingerprint density at radius 3 is 2.60 bits per heavy atom. The van der Waals surface area contributed by atoms with E-state index in [0.717, 1.165) is 18.5 Å². The van der Waals surface area contributed by atoms with Crippen molar-refractivity contribution >= 4 is 11.5 Å². The summed E-state index contributed by atoms with van der Waals surface area (Å²) < 4.78 is 1.60. The summed E-state index contributed by atoms with van der Waals surface area (Å²) in [7, 11) is 0. The van der Waals surface area contributed by atoms with Crippen LogP contribution in [0.2, 0.25) is 0 Å². The molecule has 5 N–H and O–H groups in total. The van der Waals surface area contributed by atoms with Crippen LogP contribution in [0.25, 0.3) is 0 Å². The summed E-state index contributed by atoms with van der Waals surface area (Å²) >= 11 is 0. The lowest BCUT2D eigenvalue weighted by Gasteiger charge is -2.05. The molecule has 0 saturated heterocycles. The molecule has 0 spiro atoms. The average Bonchev–Trinajstić information content (AvgIpc) is 2.82. The van der Waals surface area contributed by atoms with Gasteiger partial charge in [-0.3, -0.25) is 0 Å². The van der Waals surface area contributed by atoms with Gasteiger partial charge >= 0.3 is 0 Å². The summed E-state index contributed by atoms with van der Waals surface area (Å²) in [5, 5.41) is 13.2. The number of aliphatic hydroxyl groups excluding tert-OH is 1. The number of nitrogen functional groups attached to an aromatic ring is 2. The lowest BCUT2D eigenvalue weighted by Crippen LogP contribution is -2.08. The molecular formula is C10H18N4O. The van der Waals surface area contributed by atoms with Crippen LogP contribution in [0, 0.1) is 0 Å². The highest BCUT2D eigenvalue weighted by molar-refractivity contribution is 5.63. The van der Waals surface area contributed by atoms with Gasteiger partial charge in [0, 0.05) is 5.92 Å². The van der Waals surface area contributed by atoms with E-state index in [2.05, 4.69) is 5.10 Å². The Balaban J connectivity index is 2.27. The van der Waals surface area contributed by atoms with E-state index in [1.54, 1.807) is 4.68 Å². The molecule has 1 heterocycles. The number of aromatic nitrogens is 2. The van der Waals surface area contributed by atoms with Crippen LogP contribution >= 0.6 is 0 Å². The molecule has 1 aliphatic rings. The van der Waals surface area contributed by atoms with Crippen LogP contribution < -0.4 is 11.5 Å². The van der Waals surface area contributed by atoms with E-state index in [1.807, 2.05) is 0 Å². The van der Waals surface area contributed by atoms with Crippen LogP contribution in [0.4, 0.5) is 11.5 Å². The van der Waals surface area contributed by atoms with Gasteiger partial charge in [0.25, 0.3) is 0 Å². The van der Waals surface area contributed by atoms with Gasteiger partial charge in [-0.1, -0.05) is 12.8 Å². The molecule has 0 aromatic carbocycles. The molecule has 1 fully saturated rings. The maximum absolute atomic E-state index is 8.85. The molecule has 1 aromatic rings. The zero-order valence-electron chi connectivity index (χ0n) is 8.82. The van der Waals surface area contributed by atoms with E-state index in [4.69, 9.17) is 16.6 Å². The first-order valence-corrected chi connectivity index (χ1v) is 5.46. The standard InChI is InChI=1S/C10H18N4O/c11-8-9(7-3-1-2-4-7)13-14(5-6-15)10(8)12/h7,15H,1-6,11-12H2. The minimum atomic E-state index is 0.0371. The van der Waals surface area contributed by atoms with Crippen LogP contribution in [0.15, 0.2) is 0 Å². The largest absolute Gasteiger partial charge is 0.394 e. The van der Waals surface area contributed by atoms with Crippen molar-refractivity contribution in [1.82, 2.24) is 9.78 Å². The summed E-state index contributed by atoms with van der Waals surface area (Å²) in [6, 6.07) is 0. The Labute approximate surface area is 89.1 Å². The zero-order chi connectivity index (χ0) is 10.8. The van der Waals surface area contributed by atoms with Crippen molar-refractivity contribution in [1.29, 1.82) is 0 Å². The van der Waals surface area contributed by atoms with Crippen LogP contribution in [0.1, 0.15) is 37.3 Å². The van der Waals surface area contributed by atoms with Crippen molar-refractivity contribution in [3.63, 3.8) is 0 Å². The van der Waals surface area contributed by atoms with Gasteiger partial charge in [0.1, 0.15) is 5.82 Å². The van der Waals surface area contributed by atoms with Gasteiger partial charge in [0.05, 0.1) is 24.5 Å². The second-order valence-electron chi connectivity index (χ2n) is 4.11. The van der Waals surface area contributed by atoms with E-state index < -0.39 is 0 Å². The van der Waals surface area contributed by atoms with Gasteiger partial charge in [-0.25, -0.2) is 4.68 Å². The second-order valence-corrected chi connectivity index (χ2v) is 4.11. The van der Waals surface area contributed by atoms with Gasteiger partial charge in [0.2, 0.25) is 0 Å². The second kappa shape index (κ2) is 4.10. The number of rotatable bonds is 3. The summed E-state index contributed by atoms with van der Waals surface area (Å²) in [6.45, 7) is 0.457. The van der Waals surface area contributed by atoms with Crippen molar-refractivity contribution in [3.8, 4) is 0 Å². The Kier molecular flexibility index (Phi) is 2.81. The average molecular weight is 210 g/mol. The third kappa shape index (κ3) is 1.79. The molecule has 2 rings (SSSR count). The SMILES string of the molecule is Nc1c(C2CCCC2)nn(CCO)c1N. The van der Waals surface area contributed by atoms with Crippen LogP contribution in [-0.4, -0.2) is 21.5 Å². The fourth-order valence-electron chi connectivity index (χ4n) is 2.27. The molecule has 1 aromatic heterocycles. The lowest BCUT2D eigenvalue weighted by molar-refractivity contribution is 0.270. The first kappa shape index (κ1) is 10.3. The minimum Gasteiger partial charge on any atom is -0.394 e. The fraction of sp³-hybridized carbons (Fsp3) is 0.700. The Bertz CT molecular complexity index is 341. The monoisotopic (exact) mass is 210 g/mol. The fourth-order valence-corrected chi connectivity index (χ4v) is 2.27. The molecule has 1 saturated carbocycles. The van der Waals surface area contributed by atoms with E-state index in [1.165, 1.54) is 12.8 Å². The van der Waals surface area contributed by atoms with Gasteiger partial charge < -0.3 is 16.6 Å². The Morgan fingerprint density at radius 2 is 2.00 bits per heavy atom. The Hall–Kier alpha value is -1.23. The first-order valence-electron chi connectivity index (χ1n) is 5.46. The molecule has 0 atom stereocenters. The number of hydrogen-bond donors (Lipinski definition) is 3. The predicted octanol–water partition coefficient (Wildman–Crippen LogP) is 0.697. The van der Waals surface area contributed by atoms with Gasteiger partial charge in [-0.2, -0.15) is 5.10 Å². The third-order valence-corrected chi connectivity index (χ3v) is 3.11. The third-order valence-electron chi connectivity index (χ3n) is 3.11. The van der Waals surface area contributed by atoms with Crippen molar-refractivity contribution in [2.24, 2.45) is 0 Å². The van der Waals surface area contributed by atoms with E-state index in [0.29, 0.717) is 24.0 Å². The molecule has 1 aliphatic carbocycles. The molecule has 0 unspecified atom stereocenters. The van der Waals surface area contributed by atoms with Crippen LogP contribution in [0.5, 0.6) is 0 Å². The summed E-state index contributed by atoms with van der Waals surface area (Å²) in [6.07, 6.45) is 4.80. The van der Waals surface area contributed by atoms with Crippen LogP contribution in [-0.2, 0) is 6.54 Å². The zero-order valence-corrected chi connectivity index (χ0v) is 8.82. The summed E-state index contributed by atoms with van der Waals surface area (Å²) in [5.74, 6) is 0.957. The van der Waals surface area contributed by atoms with Crippen molar-refractivity contribution in [2.45, 2.75) is 38.1 Å². The predicted molar refractivity (Wildman–Crippen MR) is 59.3 cm³/mol. The first-order chi connectivity index (χ1) is 7.24. The minimum absolute atomic E-state index is 0.0371. The van der Waals surface area contributed by atoms with Crippen molar-refractivity contribution < 1.29 is 5.11 Å². The summed E-state index contributed by atoms with van der Waals surface area (Å²) in [5.41, 5.74) is 13.3. The summed E-state index contributed by atoms with van der Waals surface area (Å²) in [4.78, 5) is 0. The van der Waals surface area contributed by atoms with E-state index in [9.17, 15) is 0 Å². The highest BCUT2D eigenvalue weighted by Crippen LogP contribution is 2.37. The Morgan fingerprint density at radius 1 is 1.33 bits per heavy atom. The molecule has 5 nitrogen and oxygen atoms in total. The quantitative estimate of drug-likeness (QED) is 0.685. The number of aliphatic hydroxyl groups is 1. The number of hydrogen-bond acceptors (Lipinski definition) is 4. The van der Waals surface area contributed by atoms with Gasteiger partial charge in [-0.05, 0) is 12.8 Å². The number of anilines is 2.